The van der Waals surface area contributed by atoms with Crippen LogP contribution in [0.1, 0.15) is 0 Å². The molecule has 1 saturated heterocycles. The standard InChI is InChI=1S/C9H10BrNO3S/c10-6-1-7(15-2-6)11-8(13)9(3-12)4-14-5-9/h1-2,12H,3-5H2,(H,11,13). The molecule has 6 heteroatoms. The van der Waals surface area contributed by atoms with E-state index in [0.717, 1.165) is 9.47 Å². The molecule has 0 aliphatic carbocycles. The molecule has 1 aromatic rings. The van der Waals surface area contributed by atoms with Gasteiger partial charge in [0.25, 0.3) is 0 Å². The first-order valence-corrected chi connectivity index (χ1v) is 6.08. The van der Waals surface area contributed by atoms with Gasteiger partial charge >= 0.3 is 0 Å². The SMILES string of the molecule is O=C(Nc1cc(Br)cs1)C1(CO)COC1. The second-order valence-corrected chi connectivity index (χ2v) is 5.34. The fourth-order valence-corrected chi connectivity index (χ4v) is 2.58. The molecule has 2 rings (SSSR count). The van der Waals surface area contributed by atoms with Gasteiger partial charge in [-0.1, -0.05) is 0 Å². The van der Waals surface area contributed by atoms with E-state index in [1.807, 2.05) is 11.4 Å². The number of anilines is 1. The van der Waals surface area contributed by atoms with Crippen molar-refractivity contribution in [2.24, 2.45) is 5.41 Å². The molecule has 1 aliphatic rings. The largest absolute Gasteiger partial charge is 0.395 e. The predicted octanol–water partition coefficient (Wildman–Crippen LogP) is 1.46. The van der Waals surface area contributed by atoms with Crippen molar-refractivity contribution in [1.82, 2.24) is 0 Å². The van der Waals surface area contributed by atoms with Gasteiger partial charge in [0.05, 0.1) is 24.8 Å². The van der Waals surface area contributed by atoms with Crippen molar-refractivity contribution in [3.05, 3.63) is 15.9 Å². The molecule has 15 heavy (non-hydrogen) atoms. The normalized spacial score (nSPS) is 18.3. The fourth-order valence-electron chi connectivity index (χ4n) is 1.27. The molecule has 1 fully saturated rings. The molecule has 0 spiro atoms. The number of nitrogens with one attached hydrogen (secondary N) is 1. The van der Waals surface area contributed by atoms with Crippen LogP contribution in [0.2, 0.25) is 0 Å². The molecule has 1 aliphatic heterocycles. The van der Waals surface area contributed by atoms with Gasteiger partial charge in [0.1, 0.15) is 5.41 Å². The van der Waals surface area contributed by atoms with Gasteiger partial charge in [-0.25, -0.2) is 0 Å². The van der Waals surface area contributed by atoms with Gasteiger partial charge in [-0.15, -0.1) is 11.3 Å². The summed E-state index contributed by atoms with van der Waals surface area (Å²) in [6.07, 6.45) is 0. The number of ether oxygens (including phenoxy) is 1. The summed E-state index contributed by atoms with van der Waals surface area (Å²) in [6.45, 7) is 0.412. The van der Waals surface area contributed by atoms with Crippen LogP contribution in [0.5, 0.6) is 0 Å². The minimum Gasteiger partial charge on any atom is -0.395 e. The summed E-state index contributed by atoms with van der Waals surface area (Å²) in [5, 5.41) is 14.6. The van der Waals surface area contributed by atoms with Crippen molar-refractivity contribution in [2.75, 3.05) is 25.1 Å². The topological polar surface area (TPSA) is 58.6 Å². The van der Waals surface area contributed by atoms with Gasteiger partial charge in [-0.05, 0) is 22.0 Å². The summed E-state index contributed by atoms with van der Waals surface area (Å²) < 4.78 is 5.90. The Morgan fingerprint density at radius 2 is 2.47 bits per heavy atom. The zero-order chi connectivity index (χ0) is 10.9. The Balaban J connectivity index is 2.03. The molecular weight excluding hydrogens is 282 g/mol. The molecule has 0 aromatic carbocycles. The quantitative estimate of drug-likeness (QED) is 0.886. The van der Waals surface area contributed by atoms with Crippen LogP contribution < -0.4 is 5.32 Å². The summed E-state index contributed by atoms with van der Waals surface area (Å²) in [5.41, 5.74) is -0.740. The van der Waals surface area contributed by atoms with E-state index in [-0.39, 0.29) is 12.5 Å². The van der Waals surface area contributed by atoms with E-state index in [1.165, 1.54) is 11.3 Å². The number of aliphatic hydroxyl groups excluding tert-OH is 1. The van der Waals surface area contributed by atoms with Gasteiger partial charge in [0.2, 0.25) is 5.91 Å². The maximum Gasteiger partial charge on any atom is 0.238 e. The highest BCUT2D eigenvalue weighted by molar-refractivity contribution is 9.10. The highest BCUT2D eigenvalue weighted by Crippen LogP contribution is 2.31. The Labute approximate surface area is 99.4 Å². The lowest BCUT2D eigenvalue weighted by Crippen LogP contribution is -2.54. The van der Waals surface area contributed by atoms with Crippen LogP contribution in [-0.4, -0.2) is 30.8 Å². The first-order valence-electron chi connectivity index (χ1n) is 4.40. The van der Waals surface area contributed by atoms with E-state index >= 15 is 0 Å². The smallest absolute Gasteiger partial charge is 0.238 e. The zero-order valence-electron chi connectivity index (χ0n) is 7.83. The molecule has 4 nitrogen and oxygen atoms in total. The molecule has 0 radical (unpaired) electrons. The zero-order valence-corrected chi connectivity index (χ0v) is 10.2. The van der Waals surface area contributed by atoms with Gasteiger partial charge in [-0.3, -0.25) is 4.79 Å². The van der Waals surface area contributed by atoms with Crippen LogP contribution in [-0.2, 0) is 9.53 Å². The molecule has 1 amide bonds. The molecule has 82 valence electrons. The number of carbonyl (C=O) groups is 1. The summed E-state index contributed by atoms with van der Waals surface area (Å²) in [4.78, 5) is 11.8. The van der Waals surface area contributed by atoms with Crippen molar-refractivity contribution < 1.29 is 14.6 Å². The van der Waals surface area contributed by atoms with Crippen molar-refractivity contribution in [3.8, 4) is 0 Å². The lowest BCUT2D eigenvalue weighted by molar-refractivity contribution is -0.164. The maximum absolute atomic E-state index is 11.8. The van der Waals surface area contributed by atoms with Gasteiger partial charge in [0, 0.05) is 9.85 Å². The molecular formula is C9H10BrNO3S. The van der Waals surface area contributed by atoms with Gasteiger partial charge in [0.15, 0.2) is 0 Å². The summed E-state index contributed by atoms with van der Waals surface area (Å²) in [5.74, 6) is -0.175. The molecule has 0 bridgehead atoms. The van der Waals surface area contributed by atoms with E-state index in [9.17, 15) is 4.79 Å². The van der Waals surface area contributed by atoms with Crippen molar-refractivity contribution in [3.63, 3.8) is 0 Å². The second kappa shape index (κ2) is 4.21. The van der Waals surface area contributed by atoms with E-state index in [0.29, 0.717) is 13.2 Å². The van der Waals surface area contributed by atoms with Crippen molar-refractivity contribution in [1.29, 1.82) is 0 Å². The van der Waals surface area contributed by atoms with Crippen LogP contribution in [0.25, 0.3) is 0 Å². The minimum atomic E-state index is -0.740. The fraction of sp³-hybridized carbons (Fsp3) is 0.444. The molecule has 0 unspecified atom stereocenters. The maximum atomic E-state index is 11.8. The monoisotopic (exact) mass is 291 g/mol. The number of hydrogen-bond acceptors (Lipinski definition) is 4. The van der Waals surface area contributed by atoms with Crippen LogP contribution in [0.15, 0.2) is 15.9 Å². The molecule has 2 heterocycles. The second-order valence-electron chi connectivity index (χ2n) is 3.51. The van der Waals surface area contributed by atoms with Crippen LogP contribution >= 0.6 is 27.3 Å². The number of aliphatic hydroxyl groups is 1. The highest BCUT2D eigenvalue weighted by Gasteiger charge is 2.45. The lowest BCUT2D eigenvalue weighted by Gasteiger charge is -2.37. The first-order chi connectivity index (χ1) is 7.16. The third-order valence-electron chi connectivity index (χ3n) is 2.35. The number of rotatable bonds is 3. The third kappa shape index (κ3) is 2.08. The van der Waals surface area contributed by atoms with Gasteiger partial charge < -0.3 is 15.2 Å². The Bertz CT molecular complexity index is 370. The van der Waals surface area contributed by atoms with E-state index in [1.54, 1.807) is 0 Å². The van der Waals surface area contributed by atoms with Crippen molar-refractivity contribution >= 4 is 38.2 Å². The van der Waals surface area contributed by atoms with Crippen LogP contribution in [0.3, 0.4) is 0 Å². The summed E-state index contributed by atoms with van der Waals surface area (Å²) in [7, 11) is 0. The highest BCUT2D eigenvalue weighted by atomic mass is 79.9. The van der Waals surface area contributed by atoms with E-state index in [4.69, 9.17) is 9.84 Å². The average Bonchev–Trinajstić information content (AvgIpc) is 2.50. The lowest BCUT2D eigenvalue weighted by atomic mass is 9.86. The Morgan fingerprint density at radius 1 is 1.73 bits per heavy atom. The first kappa shape index (κ1) is 11.1. The number of thiophene rings is 1. The average molecular weight is 292 g/mol. The van der Waals surface area contributed by atoms with Crippen molar-refractivity contribution in [2.45, 2.75) is 0 Å². The molecule has 0 atom stereocenters. The number of amides is 1. The third-order valence-corrected chi connectivity index (χ3v) is 3.95. The van der Waals surface area contributed by atoms with E-state index in [2.05, 4.69) is 21.2 Å². The number of hydrogen-bond donors (Lipinski definition) is 2. The van der Waals surface area contributed by atoms with Crippen LogP contribution in [0, 0.1) is 5.41 Å². The Morgan fingerprint density at radius 3 is 2.87 bits per heavy atom. The van der Waals surface area contributed by atoms with Gasteiger partial charge in [-0.2, -0.15) is 0 Å². The van der Waals surface area contributed by atoms with E-state index < -0.39 is 5.41 Å². The van der Waals surface area contributed by atoms with Crippen LogP contribution in [0.4, 0.5) is 5.00 Å². The Hall–Kier alpha value is -0.430. The number of carbonyl (C=O) groups excluding carboxylic acids is 1. The minimum absolute atomic E-state index is 0.175. The predicted molar refractivity (Wildman–Crippen MR) is 61.0 cm³/mol. The Kier molecular flexibility index (Phi) is 3.11. The molecule has 2 N–H and O–H groups in total. The molecule has 0 saturated carbocycles. The number of halogens is 1. The molecule has 1 aromatic heterocycles. The summed E-state index contributed by atoms with van der Waals surface area (Å²) in [6, 6.07) is 1.83. The summed E-state index contributed by atoms with van der Waals surface area (Å²) >= 11 is 4.74.